The first-order chi connectivity index (χ1) is 12.4. The van der Waals surface area contributed by atoms with Gasteiger partial charge in [-0.25, -0.2) is 12.8 Å². The van der Waals surface area contributed by atoms with Crippen LogP contribution in [0, 0.1) is 5.82 Å². The van der Waals surface area contributed by atoms with Crippen LogP contribution in [0.15, 0.2) is 53.5 Å². The smallest absolute Gasteiger partial charge is 0.164 e. The summed E-state index contributed by atoms with van der Waals surface area (Å²) in [5.74, 6) is -0.110. The highest BCUT2D eigenvalue weighted by molar-refractivity contribution is 8.15. The van der Waals surface area contributed by atoms with Crippen molar-refractivity contribution in [1.29, 1.82) is 0 Å². The van der Waals surface area contributed by atoms with E-state index in [0.717, 1.165) is 16.4 Å². The molecule has 0 aromatic heterocycles. The molecule has 2 aromatic rings. The van der Waals surface area contributed by atoms with E-state index in [0.29, 0.717) is 11.6 Å². The molecule has 2 aliphatic rings. The number of benzene rings is 2. The molecule has 0 unspecified atom stereocenters. The van der Waals surface area contributed by atoms with Crippen LogP contribution in [0.25, 0.3) is 0 Å². The molecule has 0 bridgehead atoms. The molecule has 1 saturated heterocycles. The Morgan fingerprint density at radius 3 is 2.65 bits per heavy atom. The van der Waals surface area contributed by atoms with Gasteiger partial charge in [0, 0.05) is 16.0 Å². The second-order valence-corrected chi connectivity index (χ2v) is 10.1. The lowest BCUT2D eigenvalue weighted by Crippen LogP contribution is -2.28. The molecule has 2 heterocycles. The van der Waals surface area contributed by atoms with Crippen molar-refractivity contribution >= 4 is 44.1 Å². The summed E-state index contributed by atoms with van der Waals surface area (Å²) in [6, 6.07) is 13.9. The number of rotatable bonds is 3. The molecular formula is C18H16ClFN2O2S2. The Bertz CT molecular complexity index is 966. The van der Waals surface area contributed by atoms with Crippen molar-refractivity contribution in [1.82, 2.24) is 0 Å². The Kier molecular flexibility index (Phi) is 4.71. The lowest BCUT2D eigenvalue weighted by atomic mass is 10.2. The van der Waals surface area contributed by atoms with E-state index >= 15 is 0 Å². The van der Waals surface area contributed by atoms with E-state index in [2.05, 4.69) is 4.99 Å². The number of aliphatic imine (C=N–C) groups is 1. The van der Waals surface area contributed by atoms with Crippen LogP contribution in [-0.2, 0) is 16.4 Å². The van der Waals surface area contributed by atoms with Crippen LogP contribution in [-0.4, -0.2) is 36.4 Å². The first-order valence-electron chi connectivity index (χ1n) is 8.13. The maximum Gasteiger partial charge on any atom is 0.164 e. The lowest BCUT2D eigenvalue weighted by molar-refractivity contribution is 0.601. The van der Waals surface area contributed by atoms with Crippen molar-refractivity contribution in [2.75, 3.05) is 16.4 Å². The fourth-order valence-corrected chi connectivity index (χ4v) is 7.18. The van der Waals surface area contributed by atoms with Gasteiger partial charge in [0.1, 0.15) is 5.82 Å². The molecule has 0 radical (unpaired) electrons. The van der Waals surface area contributed by atoms with E-state index in [1.165, 1.54) is 23.9 Å². The van der Waals surface area contributed by atoms with Crippen LogP contribution >= 0.6 is 23.4 Å². The van der Waals surface area contributed by atoms with Crippen LogP contribution in [0.5, 0.6) is 0 Å². The maximum atomic E-state index is 13.4. The molecule has 0 saturated carbocycles. The van der Waals surface area contributed by atoms with Gasteiger partial charge in [-0.15, -0.1) is 0 Å². The van der Waals surface area contributed by atoms with Crippen molar-refractivity contribution in [3.63, 3.8) is 0 Å². The fraction of sp³-hybridized carbons (Fsp3) is 0.278. The molecule has 4 rings (SSSR count). The number of amidine groups is 1. The predicted octanol–water partition coefficient (Wildman–Crippen LogP) is 3.75. The topological polar surface area (TPSA) is 49.7 Å². The summed E-state index contributed by atoms with van der Waals surface area (Å²) in [5.41, 5.74) is 1.71. The Hall–Kier alpha value is -1.57. The van der Waals surface area contributed by atoms with Crippen LogP contribution in [0.2, 0.25) is 5.02 Å². The molecule has 26 heavy (non-hydrogen) atoms. The second-order valence-electron chi connectivity index (χ2n) is 6.37. The normalized spacial score (nSPS) is 23.5. The molecule has 2 aliphatic heterocycles. The number of hydrogen-bond acceptors (Lipinski definition) is 5. The average molecular weight is 411 g/mol. The SMILES string of the molecule is O=S1(=O)C[C@@H]2N=C(N(Cc3ccc(F)cc3Cl)c3ccccc3)S[C@@H]2C1. The van der Waals surface area contributed by atoms with E-state index in [9.17, 15) is 12.8 Å². The van der Waals surface area contributed by atoms with Gasteiger partial charge in [-0.2, -0.15) is 0 Å². The molecular weight excluding hydrogens is 395 g/mol. The van der Waals surface area contributed by atoms with Crippen molar-refractivity contribution < 1.29 is 12.8 Å². The highest BCUT2D eigenvalue weighted by Gasteiger charge is 2.44. The van der Waals surface area contributed by atoms with Crippen LogP contribution < -0.4 is 4.90 Å². The van der Waals surface area contributed by atoms with Crippen LogP contribution in [0.4, 0.5) is 10.1 Å². The van der Waals surface area contributed by atoms with Crippen molar-refractivity contribution in [2.45, 2.75) is 17.8 Å². The Labute approximate surface area is 161 Å². The number of nitrogens with zero attached hydrogens (tertiary/aromatic N) is 2. The number of anilines is 1. The third kappa shape index (κ3) is 3.61. The van der Waals surface area contributed by atoms with Crippen molar-refractivity contribution in [2.24, 2.45) is 4.99 Å². The first kappa shape index (κ1) is 17.8. The van der Waals surface area contributed by atoms with Gasteiger partial charge in [-0.1, -0.05) is 47.6 Å². The number of fused-ring (bicyclic) bond motifs is 1. The van der Waals surface area contributed by atoms with Crippen molar-refractivity contribution in [3.05, 3.63) is 64.9 Å². The molecule has 4 nitrogen and oxygen atoms in total. The Balaban J connectivity index is 1.67. The minimum Gasteiger partial charge on any atom is -0.317 e. The zero-order chi connectivity index (χ0) is 18.3. The van der Waals surface area contributed by atoms with E-state index in [4.69, 9.17) is 11.6 Å². The monoisotopic (exact) mass is 410 g/mol. The van der Waals surface area contributed by atoms with Crippen LogP contribution in [0.3, 0.4) is 0 Å². The highest BCUT2D eigenvalue weighted by atomic mass is 35.5. The van der Waals surface area contributed by atoms with E-state index < -0.39 is 9.84 Å². The zero-order valence-corrected chi connectivity index (χ0v) is 16.1. The van der Waals surface area contributed by atoms with Crippen molar-refractivity contribution in [3.8, 4) is 0 Å². The molecule has 0 spiro atoms. The Morgan fingerprint density at radius 2 is 1.96 bits per heavy atom. The number of hydrogen-bond donors (Lipinski definition) is 0. The van der Waals surface area contributed by atoms with Gasteiger partial charge < -0.3 is 4.90 Å². The number of para-hydroxylation sites is 1. The lowest BCUT2D eigenvalue weighted by Gasteiger charge is -2.25. The predicted molar refractivity (Wildman–Crippen MR) is 105 cm³/mol. The number of sulfone groups is 1. The van der Waals surface area contributed by atoms with Gasteiger partial charge in [0.25, 0.3) is 0 Å². The minimum atomic E-state index is -3.00. The average Bonchev–Trinajstić information content (AvgIpc) is 3.08. The van der Waals surface area contributed by atoms with Crippen LogP contribution in [0.1, 0.15) is 5.56 Å². The zero-order valence-electron chi connectivity index (χ0n) is 13.7. The number of thioether (sulfide) groups is 1. The number of halogens is 2. The van der Waals surface area contributed by atoms with Gasteiger partial charge in [-0.05, 0) is 29.8 Å². The summed E-state index contributed by atoms with van der Waals surface area (Å²) < 4.78 is 37.0. The molecule has 1 fully saturated rings. The molecule has 0 N–H and O–H groups in total. The fourth-order valence-electron chi connectivity index (χ4n) is 3.17. The summed E-state index contributed by atoms with van der Waals surface area (Å²) in [5, 5.41) is 1.10. The standard InChI is InChI=1S/C18H16ClFN2O2S2/c19-15-8-13(20)7-6-12(15)9-22(14-4-2-1-3-5-14)18-21-16-10-26(23,24)11-17(16)25-18/h1-8,16-17H,9-11H2/t16-,17+/m0/s1. The summed E-state index contributed by atoms with van der Waals surface area (Å²) in [7, 11) is -3.00. The molecule has 2 aromatic carbocycles. The van der Waals surface area contributed by atoms with Gasteiger partial charge in [0.15, 0.2) is 15.0 Å². The summed E-state index contributed by atoms with van der Waals surface area (Å²) >= 11 is 7.70. The molecule has 136 valence electrons. The maximum absolute atomic E-state index is 13.4. The largest absolute Gasteiger partial charge is 0.317 e. The molecule has 0 aliphatic carbocycles. The molecule has 0 amide bonds. The minimum absolute atomic E-state index is 0.0371. The van der Waals surface area contributed by atoms with Gasteiger partial charge in [0.05, 0.1) is 24.1 Å². The van der Waals surface area contributed by atoms with Gasteiger partial charge in [0.2, 0.25) is 0 Å². The van der Waals surface area contributed by atoms with Gasteiger partial charge in [-0.3, -0.25) is 4.99 Å². The Morgan fingerprint density at radius 1 is 1.19 bits per heavy atom. The summed E-state index contributed by atoms with van der Waals surface area (Å²) in [4.78, 5) is 6.68. The van der Waals surface area contributed by atoms with E-state index in [-0.39, 0.29) is 28.6 Å². The highest BCUT2D eigenvalue weighted by Crippen LogP contribution is 2.37. The summed E-state index contributed by atoms with van der Waals surface area (Å²) in [6.07, 6.45) is 0. The van der Waals surface area contributed by atoms with E-state index in [1.807, 2.05) is 35.2 Å². The quantitative estimate of drug-likeness (QED) is 0.773. The first-order valence-corrected chi connectivity index (χ1v) is 11.2. The third-order valence-electron chi connectivity index (χ3n) is 4.45. The second kappa shape index (κ2) is 6.87. The molecule has 8 heteroatoms. The summed E-state index contributed by atoms with van der Waals surface area (Å²) in [6.45, 7) is 0.432. The molecule has 2 atom stereocenters. The third-order valence-corrected chi connectivity index (χ3v) is 8.05. The van der Waals surface area contributed by atoms with E-state index in [1.54, 1.807) is 6.07 Å². The van der Waals surface area contributed by atoms with Gasteiger partial charge >= 0.3 is 0 Å².